The standard InChI is InChI=1S/C13H16F2N4S/c1-7(2)12-13(20-19-18-12)11(17-16)5-8-3-9(14)6-10(15)4-8/h3-4,6-7,11,17H,5,16H2,1-2H3. The number of nitrogens with two attached hydrogens (primary N) is 1. The lowest BCUT2D eigenvalue weighted by Crippen LogP contribution is -2.29. The van der Waals surface area contributed by atoms with Crippen molar-refractivity contribution in [2.45, 2.75) is 32.2 Å². The molecule has 2 aromatic rings. The van der Waals surface area contributed by atoms with E-state index in [0.717, 1.165) is 16.6 Å². The molecule has 1 aromatic carbocycles. The van der Waals surface area contributed by atoms with Crippen LogP contribution >= 0.6 is 11.5 Å². The predicted octanol–water partition coefficient (Wildman–Crippen LogP) is 2.69. The summed E-state index contributed by atoms with van der Waals surface area (Å²) in [6.45, 7) is 4.02. The van der Waals surface area contributed by atoms with Crippen LogP contribution in [0.4, 0.5) is 8.78 Å². The molecule has 4 nitrogen and oxygen atoms in total. The lowest BCUT2D eigenvalue weighted by molar-refractivity contribution is 0.540. The van der Waals surface area contributed by atoms with E-state index in [2.05, 4.69) is 15.0 Å². The highest BCUT2D eigenvalue weighted by Gasteiger charge is 2.21. The van der Waals surface area contributed by atoms with Crippen LogP contribution in [0.5, 0.6) is 0 Å². The van der Waals surface area contributed by atoms with Gasteiger partial charge < -0.3 is 0 Å². The minimum absolute atomic E-state index is 0.212. The Balaban J connectivity index is 2.26. The summed E-state index contributed by atoms with van der Waals surface area (Å²) in [4.78, 5) is 0.896. The number of rotatable bonds is 5. The van der Waals surface area contributed by atoms with E-state index in [1.54, 1.807) is 0 Å². The SMILES string of the molecule is CC(C)c1nnsc1C(Cc1cc(F)cc(F)c1)NN. The molecule has 108 valence electrons. The van der Waals surface area contributed by atoms with E-state index >= 15 is 0 Å². The molecule has 2 rings (SSSR count). The summed E-state index contributed by atoms with van der Waals surface area (Å²) in [5.41, 5.74) is 4.06. The number of hydrazine groups is 1. The van der Waals surface area contributed by atoms with Gasteiger partial charge in [0.1, 0.15) is 11.6 Å². The highest BCUT2D eigenvalue weighted by atomic mass is 32.1. The summed E-state index contributed by atoms with van der Waals surface area (Å²) >= 11 is 1.25. The van der Waals surface area contributed by atoms with Crippen LogP contribution in [-0.2, 0) is 6.42 Å². The summed E-state index contributed by atoms with van der Waals surface area (Å²) in [6.07, 6.45) is 0.370. The third-order valence-corrected chi connectivity index (χ3v) is 3.82. The zero-order chi connectivity index (χ0) is 14.7. The minimum atomic E-state index is -0.595. The minimum Gasteiger partial charge on any atom is -0.271 e. The Labute approximate surface area is 120 Å². The van der Waals surface area contributed by atoms with Crippen molar-refractivity contribution in [1.29, 1.82) is 0 Å². The predicted molar refractivity (Wildman–Crippen MR) is 74.1 cm³/mol. The Kier molecular flexibility index (Phi) is 4.74. The number of hydrogen-bond acceptors (Lipinski definition) is 5. The molecular formula is C13H16F2N4S. The van der Waals surface area contributed by atoms with Crippen molar-refractivity contribution in [3.8, 4) is 0 Å². The van der Waals surface area contributed by atoms with Crippen LogP contribution in [0.15, 0.2) is 18.2 Å². The quantitative estimate of drug-likeness (QED) is 0.658. The van der Waals surface area contributed by atoms with Gasteiger partial charge in [0.25, 0.3) is 0 Å². The number of nitrogens with one attached hydrogen (secondary N) is 1. The van der Waals surface area contributed by atoms with Gasteiger partial charge in [0.05, 0.1) is 16.6 Å². The molecule has 1 unspecified atom stereocenters. The topological polar surface area (TPSA) is 63.8 Å². The van der Waals surface area contributed by atoms with Crippen molar-refractivity contribution in [3.63, 3.8) is 0 Å². The van der Waals surface area contributed by atoms with Crippen LogP contribution in [0.3, 0.4) is 0 Å². The van der Waals surface area contributed by atoms with Crippen LogP contribution in [0, 0.1) is 11.6 Å². The van der Waals surface area contributed by atoms with E-state index in [-0.39, 0.29) is 12.0 Å². The van der Waals surface area contributed by atoms with Crippen LogP contribution in [0.1, 0.15) is 41.9 Å². The molecular weight excluding hydrogens is 282 g/mol. The number of benzene rings is 1. The molecule has 0 aliphatic rings. The average molecular weight is 298 g/mol. The van der Waals surface area contributed by atoms with Gasteiger partial charge in [0.15, 0.2) is 0 Å². The van der Waals surface area contributed by atoms with Crippen molar-refractivity contribution in [2.24, 2.45) is 5.84 Å². The molecule has 20 heavy (non-hydrogen) atoms. The van der Waals surface area contributed by atoms with E-state index < -0.39 is 11.6 Å². The number of hydrogen-bond donors (Lipinski definition) is 2. The molecule has 7 heteroatoms. The Hall–Kier alpha value is -1.44. The molecule has 3 N–H and O–H groups in total. The zero-order valence-corrected chi connectivity index (χ0v) is 12.0. The van der Waals surface area contributed by atoms with Crippen molar-refractivity contribution < 1.29 is 8.78 Å². The van der Waals surface area contributed by atoms with Gasteiger partial charge in [0, 0.05) is 6.07 Å². The van der Waals surface area contributed by atoms with Gasteiger partial charge in [0.2, 0.25) is 0 Å². The second-order valence-electron chi connectivity index (χ2n) is 4.88. The van der Waals surface area contributed by atoms with Crippen molar-refractivity contribution in [2.75, 3.05) is 0 Å². The van der Waals surface area contributed by atoms with E-state index in [1.165, 1.54) is 23.7 Å². The van der Waals surface area contributed by atoms with E-state index in [9.17, 15) is 8.78 Å². The van der Waals surface area contributed by atoms with E-state index in [1.807, 2.05) is 13.8 Å². The van der Waals surface area contributed by atoms with Gasteiger partial charge in [-0.05, 0) is 41.6 Å². The smallest absolute Gasteiger partial charge is 0.126 e. The van der Waals surface area contributed by atoms with Crippen molar-refractivity contribution in [3.05, 3.63) is 46.0 Å². The first-order chi connectivity index (χ1) is 9.51. The van der Waals surface area contributed by atoms with Crippen LogP contribution in [-0.4, -0.2) is 9.59 Å². The Morgan fingerprint density at radius 1 is 1.25 bits per heavy atom. The first-order valence-corrected chi connectivity index (χ1v) is 7.01. The fourth-order valence-corrected chi connectivity index (χ4v) is 2.90. The Bertz CT molecular complexity index is 565. The second kappa shape index (κ2) is 6.34. The summed E-state index contributed by atoms with van der Waals surface area (Å²) in [5, 5.41) is 4.09. The highest BCUT2D eigenvalue weighted by Crippen LogP contribution is 2.28. The largest absolute Gasteiger partial charge is 0.271 e. The molecule has 0 aliphatic carbocycles. The first kappa shape index (κ1) is 15.0. The summed E-state index contributed by atoms with van der Waals surface area (Å²) in [5.74, 6) is 4.59. The Morgan fingerprint density at radius 3 is 2.45 bits per heavy atom. The molecule has 0 aliphatic heterocycles. The van der Waals surface area contributed by atoms with Crippen molar-refractivity contribution >= 4 is 11.5 Å². The van der Waals surface area contributed by atoms with E-state index in [0.29, 0.717) is 12.0 Å². The molecule has 0 bridgehead atoms. The third kappa shape index (κ3) is 3.36. The molecule has 0 saturated heterocycles. The number of nitrogens with zero attached hydrogens (tertiary/aromatic N) is 2. The summed E-state index contributed by atoms with van der Waals surface area (Å²) in [6, 6.07) is 3.18. The molecule has 1 atom stereocenters. The normalized spacial score (nSPS) is 12.9. The third-order valence-electron chi connectivity index (χ3n) is 2.97. The molecule has 0 radical (unpaired) electrons. The van der Waals surface area contributed by atoms with Crippen LogP contribution in [0.25, 0.3) is 0 Å². The fraction of sp³-hybridized carbons (Fsp3) is 0.385. The monoisotopic (exact) mass is 298 g/mol. The fourth-order valence-electron chi connectivity index (χ4n) is 2.04. The summed E-state index contributed by atoms with van der Waals surface area (Å²) in [7, 11) is 0. The van der Waals surface area contributed by atoms with Gasteiger partial charge in [-0.25, -0.2) is 8.78 Å². The molecule has 1 heterocycles. The molecule has 0 spiro atoms. The lowest BCUT2D eigenvalue weighted by atomic mass is 10.0. The maximum Gasteiger partial charge on any atom is 0.126 e. The maximum atomic E-state index is 13.2. The van der Waals surface area contributed by atoms with Gasteiger partial charge in [-0.2, -0.15) is 0 Å². The van der Waals surface area contributed by atoms with Crippen LogP contribution in [0.2, 0.25) is 0 Å². The van der Waals surface area contributed by atoms with Gasteiger partial charge in [-0.3, -0.25) is 11.3 Å². The van der Waals surface area contributed by atoms with Gasteiger partial charge >= 0.3 is 0 Å². The lowest BCUT2D eigenvalue weighted by Gasteiger charge is -2.16. The highest BCUT2D eigenvalue weighted by molar-refractivity contribution is 7.05. The Morgan fingerprint density at radius 2 is 1.90 bits per heavy atom. The molecule has 0 amide bonds. The molecule has 1 aromatic heterocycles. The average Bonchev–Trinajstić information content (AvgIpc) is 2.83. The van der Waals surface area contributed by atoms with Crippen LogP contribution < -0.4 is 11.3 Å². The maximum absolute atomic E-state index is 13.2. The molecule has 0 fully saturated rings. The summed E-state index contributed by atoms with van der Waals surface area (Å²) < 4.78 is 30.4. The van der Waals surface area contributed by atoms with E-state index in [4.69, 9.17) is 5.84 Å². The van der Waals surface area contributed by atoms with Gasteiger partial charge in [-0.1, -0.05) is 18.3 Å². The first-order valence-electron chi connectivity index (χ1n) is 6.24. The van der Waals surface area contributed by atoms with Crippen molar-refractivity contribution in [1.82, 2.24) is 15.0 Å². The second-order valence-corrected chi connectivity index (χ2v) is 5.66. The number of halogens is 2. The van der Waals surface area contributed by atoms with Gasteiger partial charge in [-0.15, -0.1) is 5.10 Å². The molecule has 0 saturated carbocycles. The zero-order valence-electron chi connectivity index (χ0n) is 11.2. The number of aromatic nitrogens is 2.